The molecule has 1 aromatic heterocycles. The quantitative estimate of drug-likeness (QED) is 0.575. The minimum absolute atomic E-state index is 0.208. The fraction of sp³-hybridized carbons (Fsp3) is 0.444. The van der Waals surface area contributed by atoms with Gasteiger partial charge in [-0.2, -0.15) is 5.10 Å². The number of aryl methyl sites for hydroxylation is 2. The molecule has 0 bridgehead atoms. The van der Waals surface area contributed by atoms with E-state index >= 15 is 0 Å². The minimum atomic E-state index is -3.49. The van der Waals surface area contributed by atoms with Gasteiger partial charge in [-0.25, -0.2) is 13.1 Å². The number of H-pyrrole nitrogens is 1. The van der Waals surface area contributed by atoms with Gasteiger partial charge in [0.05, 0.1) is 11.4 Å². The van der Waals surface area contributed by atoms with Gasteiger partial charge >= 0.3 is 0 Å². The Morgan fingerprint density at radius 1 is 1.53 bits per heavy atom. The number of nitrogens with zero attached hydrogens (tertiary/aromatic N) is 1. The maximum atomic E-state index is 11.8. The number of nitrogens with one attached hydrogen (secondary N) is 2. The highest BCUT2D eigenvalue weighted by molar-refractivity contribution is 7.89. The zero-order chi connectivity index (χ0) is 11.5. The van der Waals surface area contributed by atoms with E-state index in [9.17, 15) is 8.42 Å². The molecule has 0 amide bonds. The normalized spacial score (nSPS) is 11.3. The summed E-state index contributed by atoms with van der Waals surface area (Å²) in [5.41, 5.74) is 0.987. The lowest BCUT2D eigenvalue weighted by molar-refractivity contribution is 0.581. The van der Waals surface area contributed by atoms with Crippen LogP contribution in [0.4, 0.5) is 0 Å². The summed E-state index contributed by atoms with van der Waals surface area (Å²) in [5, 5.41) is 6.45. The summed E-state index contributed by atoms with van der Waals surface area (Å²) in [6, 6.07) is 0. The fourth-order valence-electron chi connectivity index (χ4n) is 1.27. The molecule has 0 aliphatic carbocycles. The zero-order valence-electron chi connectivity index (χ0n) is 8.66. The second-order valence-electron chi connectivity index (χ2n) is 3.12. The Morgan fingerprint density at radius 2 is 2.20 bits per heavy atom. The molecule has 0 unspecified atom stereocenters. The highest BCUT2D eigenvalue weighted by Gasteiger charge is 2.21. The summed E-state index contributed by atoms with van der Waals surface area (Å²) in [6.45, 7) is 3.54. The van der Waals surface area contributed by atoms with Crippen molar-refractivity contribution in [2.24, 2.45) is 0 Å². The zero-order valence-corrected chi connectivity index (χ0v) is 9.48. The van der Waals surface area contributed by atoms with E-state index in [1.165, 1.54) is 0 Å². The van der Waals surface area contributed by atoms with Crippen LogP contribution in [0.25, 0.3) is 0 Å². The van der Waals surface area contributed by atoms with Crippen molar-refractivity contribution in [3.05, 3.63) is 11.4 Å². The van der Waals surface area contributed by atoms with Crippen molar-refractivity contribution >= 4 is 10.0 Å². The monoisotopic (exact) mass is 227 g/mol. The van der Waals surface area contributed by atoms with E-state index in [1.807, 2.05) is 0 Å². The molecule has 1 aromatic rings. The molecule has 1 rings (SSSR count). The van der Waals surface area contributed by atoms with E-state index in [0.717, 1.165) is 0 Å². The summed E-state index contributed by atoms with van der Waals surface area (Å²) >= 11 is 0. The molecule has 0 aromatic carbocycles. The lowest BCUT2D eigenvalue weighted by Gasteiger charge is -2.04. The second-order valence-corrected chi connectivity index (χ2v) is 4.82. The average Bonchev–Trinajstić information content (AvgIpc) is 2.46. The molecule has 6 heteroatoms. The average molecular weight is 227 g/mol. The summed E-state index contributed by atoms with van der Waals surface area (Å²) in [4.78, 5) is 0.208. The van der Waals surface area contributed by atoms with Gasteiger partial charge in [0.1, 0.15) is 4.90 Å². The molecule has 0 radical (unpaired) electrons. The smallest absolute Gasteiger partial charge is 0.244 e. The number of sulfonamides is 1. The van der Waals surface area contributed by atoms with Crippen LogP contribution in [0.15, 0.2) is 4.90 Å². The predicted molar refractivity (Wildman–Crippen MR) is 56.7 cm³/mol. The lowest BCUT2D eigenvalue weighted by Crippen LogP contribution is -2.25. The first-order valence-corrected chi connectivity index (χ1v) is 5.92. The molecule has 2 N–H and O–H groups in total. The van der Waals surface area contributed by atoms with Crippen LogP contribution in [0.5, 0.6) is 0 Å². The van der Waals surface area contributed by atoms with Gasteiger partial charge in [0.25, 0.3) is 0 Å². The van der Waals surface area contributed by atoms with E-state index in [0.29, 0.717) is 17.8 Å². The molecular weight excluding hydrogens is 214 g/mol. The molecule has 82 valence electrons. The van der Waals surface area contributed by atoms with Crippen molar-refractivity contribution < 1.29 is 8.42 Å². The van der Waals surface area contributed by atoms with Gasteiger partial charge in [0, 0.05) is 13.0 Å². The van der Waals surface area contributed by atoms with Crippen LogP contribution in [0, 0.1) is 26.2 Å². The van der Waals surface area contributed by atoms with E-state index in [2.05, 4.69) is 20.8 Å². The maximum Gasteiger partial charge on any atom is 0.244 e. The first-order chi connectivity index (χ1) is 6.99. The Balaban J connectivity index is 2.93. The Kier molecular flexibility index (Phi) is 3.50. The van der Waals surface area contributed by atoms with Crippen molar-refractivity contribution in [1.29, 1.82) is 0 Å². The van der Waals surface area contributed by atoms with Gasteiger partial charge in [-0.05, 0) is 13.8 Å². The van der Waals surface area contributed by atoms with Crippen molar-refractivity contribution in [2.75, 3.05) is 6.54 Å². The van der Waals surface area contributed by atoms with Gasteiger partial charge < -0.3 is 0 Å². The van der Waals surface area contributed by atoms with Crippen LogP contribution >= 0.6 is 0 Å². The number of hydrogen-bond acceptors (Lipinski definition) is 3. The van der Waals surface area contributed by atoms with Gasteiger partial charge in [-0.1, -0.05) is 0 Å². The number of terminal acetylenes is 1. The Hall–Kier alpha value is -1.32. The van der Waals surface area contributed by atoms with Gasteiger partial charge in [0.15, 0.2) is 0 Å². The highest BCUT2D eigenvalue weighted by atomic mass is 32.2. The van der Waals surface area contributed by atoms with Crippen LogP contribution in [0.3, 0.4) is 0 Å². The van der Waals surface area contributed by atoms with E-state index in [4.69, 9.17) is 6.42 Å². The van der Waals surface area contributed by atoms with Crippen LogP contribution in [-0.4, -0.2) is 25.2 Å². The van der Waals surface area contributed by atoms with Gasteiger partial charge in [0.2, 0.25) is 10.0 Å². The fourth-order valence-corrected chi connectivity index (χ4v) is 2.66. The molecule has 15 heavy (non-hydrogen) atoms. The topological polar surface area (TPSA) is 74.8 Å². The second kappa shape index (κ2) is 4.47. The van der Waals surface area contributed by atoms with Crippen molar-refractivity contribution in [3.8, 4) is 12.3 Å². The van der Waals surface area contributed by atoms with Crippen LogP contribution in [0.1, 0.15) is 17.8 Å². The Morgan fingerprint density at radius 3 is 2.67 bits per heavy atom. The molecule has 0 aliphatic rings. The molecule has 0 spiro atoms. The van der Waals surface area contributed by atoms with E-state index in [-0.39, 0.29) is 11.4 Å². The van der Waals surface area contributed by atoms with Crippen molar-refractivity contribution in [3.63, 3.8) is 0 Å². The number of aromatic amines is 1. The third-order valence-electron chi connectivity index (χ3n) is 1.89. The Labute approximate surface area is 89.3 Å². The summed E-state index contributed by atoms with van der Waals surface area (Å²) in [6.07, 6.45) is 5.40. The number of hydrogen-bond donors (Lipinski definition) is 2. The molecule has 5 nitrogen and oxygen atoms in total. The van der Waals surface area contributed by atoms with Gasteiger partial charge in [-0.3, -0.25) is 5.10 Å². The molecule has 0 saturated carbocycles. The summed E-state index contributed by atoms with van der Waals surface area (Å²) in [5.74, 6) is 2.36. The molecule has 0 aliphatic heterocycles. The van der Waals surface area contributed by atoms with Crippen LogP contribution < -0.4 is 4.72 Å². The molecule has 0 atom stereocenters. The van der Waals surface area contributed by atoms with Crippen LogP contribution in [0.2, 0.25) is 0 Å². The molecule has 0 fully saturated rings. The third kappa shape index (κ3) is 2.58. The standard InChI is InChI=1S/C9H13N3O2S/c1-4-5-6-10-15(13,14)9-7(2)11-12-8(9)3/h1,10H,5-6H2,2-3H3,(H,11,12). The first-order valence-electron chi connectivity index (χ1n) is 4.43. The lowest BCUT2D eigenvalue weighted by atomic mass is 10.4. The van der Waals surface area contributed by atoms with Crippen LogP contribution in [-0.2, 0) is 10.0 Å². The molecule has 1 heterocycles. The Bertz CT molecular complexity index is 462. The van der Waals surface area contributed by atoms with Gasteiger partial charge in [-0.15, -0.1) is 12.3 Å². The minimum Gasteiger partial charge on any atom is -0.281 e. The van der Waals surface area contributed by atoms with E-state index < -0.39 is 10.0 Å². The van der Waals surface area contributed by atoms with E-state index in [1.54, 1.807) is 13.8 Å². The summed E-state index contributed by atoms with van der Waals surface area (Å²) < 4.78 is 26.0. The number of aromatic nitrogens is 2. The first kappa shape index (κ1) is 11.8. The van der Waals surface area contributed by atoms with Crippen molar-refractivity contribution in [1.82, 2.24) is 14.9 Å². The SMILES string of the molecule is C#CCCNS(=O)(=O)c1c(C)n[nH]c1C. The number of rotatable bonds is 4. The third-order valence-corrected chi connectivity index (χ3v) is 3.61. The predicted octanol–water partition coefficient (Wildman–Crippen LogP) is 0.328. The molecular formula is C9H13N3O2S. The molecule has 0 saturated heterocycles. The summed E-state index contributed by atoms with van der Waals surface area (Å²) in [7, 11) is -3.49. The highest BCUT2D eigenvalue weighted by Crippen LogP contribution is 2.15. The van der Waals surface area contributed by atoms with Crippen molar-refractivity contribution in [2.45, 2.75) is 25.2 Å². The maximum absolute atomic E-state index is 11.8. The largest absolute Gasteiger partial charge is 0.281 e.